The van der Waals surface area contributed by atoms with E-state index in [0.29, 0.717) is 0 Å². The van der Waals surface area contributed by atoms with Gasteiger partial charge < -0.3 is 5.11 Å². The second-order valence-electron chi connectivity index (χ2n) is 4.95. The molecule has 0 spiro atoms. The fraction of sp³-hybridized carbons (Fsp3) is 0. The Hall–Kier alpha value is -4.76. The normalized spacial score (nSPS) is 10.3. The Bertz CT molecular complexity index is 1010. The molecule has 2 aromatic carbocycles. The molecule has 144 valence electrons. The summed E-state index contributed by atoms with van der Waals surface area (Å²) in [6.45, 7) is 0. The molecule has 0 saturated heterocycles. The van der Waals surface area contributed by atoms with E-state index in [-0.39, 0.29) is 5.75 Å². The summed E-state index contributed by atoms with van der Waals surface area (Å²) in [5.41, 5.74) is -10.8. The van der Waals surface area contributed by atoms with E-state index >= 15 is 0 Å². The molecule has 0 saturated carbocycles. The molecule has 0 aliphatic rings. The van der Waals surface area contributed by atoms with Crippen LogP contribution in [0.2, 0.25) is 0 Å². The number of hydrogen-bond donors (Lipinski definition) is 1. The van der Waals surface area contributed by atoms with Gasteiger partial charge in [-0.25, -0.2) is 0 Å². The van der Waals surface area contributed by atoms with Gasteiger partial charge in [0.05, 0.1) is 24.6 Å². The molecule has 0 heterocycles. The molecule has 0 bridgehead atoms. The number of nitro groups is 5. The Balaban J connectivity index is 3.30. The van der Waals surface area contributed by atoms with Crippen LogP contribution in [-0.2, 0) is 0 Å². The molecular weight excluding hydrogens is 390 g/mol. The van der Waals surface area contributed by atoms with Crippen LogP contribution in [-0.4, -0.2) is 29.7 Å². The smallest absolute Gasteiger partial charge is 0.437 e. The molecule has 1 N–H and O–H groups in total. The van der Waals surface area contributed by atoms with Crippen molar-refractivity contribution < 1.29 is 29.7 Å². The van der Waals surface area contributed by atoms with Crippen molar-refractivity contribution >= 4 is 28.4 Å². The average molecular weight is 395 g/mol. The first-order valence-electron chi connectivity index (χ1n) is 6.74. The lowest BCUT2D eigenvalue weighted by Crippen LogP contribution is -2.10. The molecule has 0 atom stereocenters. The lowest BCUT2D eigenvalue weighted by molar-refractivity contribution is -0.459. The van der Waals surface area contributed by atoms with Crippen molar-refractivity contribution in [1.29, 1.82) is 0 Å². The zero-order valence-corrected chi connectivity index (χ0v) is 13.1. The molecule has 28 heavy (non-hydrogen) atoms. The molecular formula is C12H5N5O11. The van der Waals surface area contributed by atoms with Crippen molar-refractivity contribution in [2.75, 3.05) is 0 Å². The van der Waals surface area contributed by atoms with Gasteiger partial charge in [0, 0.05) is 0 Å². The van der Waals surface area contributed by atoms with Crippen LogP contribution in [0.25, 0.3) is 11.1 Å². The van der Waals surface area contributed by atoms with Gasteiger partial charge in [0.1, 0.15) is 5.75 Å². The maximum atomic E-state index is 11.5. The van der Waals surface area contributed by atoms with E-state index in [0.717, 1.165) is 24.3 Å². The van der Waals surface area contributed by atoms with Gasteiger partial charge in [-0.05, 0) is 17.7 Å². The number of nitrogens with zero attached hydrogens (tertiary/aromatic N) is 5. The van der Waals surface area contributed by atoms with Gasteiger partial charge in [-0.2, -0.15) is 0 Å². The van der Waals surface area contributed by atoms with E-state index in [2.05, 4.69) is 0 Å². The van der Waals surface area contributed by atoms with Gasteiger partial charge in [0.25, 0.3) is 0 Å². The highest BCUT2D eigenvalue weighted by Crippen LogP contribution is 2.55. The van der Waals surface area contributed by atoms with Crippen molar-refractivity contribution in [1.82, 2.24) is 0 Å². The van der Waals surface area contributed by atoms with E-state index in [1.54, 1.807) is 0 Å². The van der Waals surface area contributed by atoms with Crippen LogP contribution in [0.3, 0.4) is 0 Å². The first kappa shape index (κ1) is 19.6. The average Bonchev–Trinajstić information content (AvgIpc) is 2.59. The second-order valence-corrected chi connectivity index (χ2v) is 4.95. The summed E-state index contributed by atoms with van der Waals surface area (Å²) < 4.78 is 0. The number of phenols is 1. The predicted octanol–water partition coefficient (Wildman–Crippen LogP) is 2.60. The molecule has 2 aromatic rings. The number of phenolic OH excluding ortho intramolecular Hbond substituents is 1. The third-order valence-electron chi connectivity index (χ3n) is 3.44. The van der Waals surface area contributed by atoms with Gasteiger partial charge in [-0.1, -0.05) is 12.1 Å². The monoisotopic (exact) mass is 395 g/mol. The molecule has 0 radical (unpaired) electrons. The zero-order chi connectivity index (χ0) is 21.3. The minimum absolute atomic E-state index is 0.389. The maximum Gasteiger partial charge on any atom is 0.437 e. The Morgan fingerprint density at radius 1 is 0.536 bits per heavy atom. The third-order valence-corrected chi connectivity index (χ3v) is 3.44. The van der Waals surface area contributed by atoms with Gasteiger partial charge in [-0.3, -0.25) is 50.6 Å². The summed E-state index contributed by atoms with van der Waals surface area (Å²) in [4.78, 5) is 48.9. The minimum Gasteiger partial charge on any atom is -0.508 e. The number of aromatic hydroxyl groups is 1. The van der Waals surface area contributed by atoms with Gasteiger partial charge in [0.15, 0.2) is 5.56 Å². The summed E-state index contributed by atoms with van der Waals surface area (Å²) in [5.74, 6) is -0.389. The van der Waals surface area contributed by atoms with Crippen LogP contribution in [0, 0.1) is 50.6 Å². The summed E-state index contributed by atoms with van der Waals surface area (Å²) in [7, 11) is 0. The molecule has 0 amide bonds. The third kappa shape index (κ3) is 3.07. The largest absolute Gasteiger partial charge is 0.508 e. The molecule has 2 rings (SSSR count). The summed E-state index contributed by atoms with van der Waals surface area (Å²) in [6, 6.07) is 3.54. The highest BCUT2D eigenvalue weighted by Gasteiger charge is 2.54. The van der Waals surface area contributed by atoms with E-state index in [4.69, 9.17) is 0 Å². The van der Waals surface area contributed by atoms with E-state index in [1.165, 1.54) is 0 Å². The molecule has 0 unspecified atom stereocenters. The summed E-state index contributed by atoms with van der Waals surface area (Å²) in [6.07, 6.45) is 0. The van der Waals surface area contributed by atoms with Crippen molar-refractivity contribution in [2.45, 2.75) is 0 Å². The van der Waals surface area contributed by atoms with Gasteiger partial charge in [0.2, 0.25) is 0 Å². The highest BCUT2D eigenvalue weighted by molar-refractivity contribution is 5.97. The SMILES string of the molecule is O=[N+]([O-])c1c(-c2ccc(O)cc2)c([N+](=O)[O-])c([N+](=O)[O-])c([N+](=O)[O-])c1[N+](=O)[O-]. The molecule has 0 aliphatic heterocycles. The fourth-order valence-electron chi connectivity index (χ4n) is 2.46. The van der Waals surface area contributed by atoms with Crippen molar-refractivity contribution in [3.8, 4) is 16.9 Å². The standard InChI is InChI=1S/C12H5N5O11/c18-6-3-1-5(2-4-6)7-8(13(19)20)10(15(23)24)12(17(27)28)11(16(25)26)9(7)14(21)22/h1-4,18H. The summed E-state index contributed by atoms with van der Waals surface area (Å²) >= 11 is 0. The van der Waals surface area contributed by atoms with Gasteiger partial charge >= 0.3 is 28.4 Å². The summed E-state index contributed by atoms with van der Waals surface area (Å²) in [5, 5.41) is 66.0. The Labute approximate surface area is 151 Å². The Kier molecular flexibility index (Phi) is 4.79. The molecule has 16 nitrogen and oxygen atoms in total. The Morgan fingerprint density at radius 3 is 1.11 bits per heavy atom. The molecule has 0 aromatic heterocycles. The quantitative estimate of drug-likeness (QED) is 0.550. The van der Waals surface area contributed by atoms with Crippen molar-refractivity contribution in [3.05, 3.63) is 74.8 Å². The van der Waals surface area contributed by atoms with E-state index in [9.17, 15) is 55.7 Å². The maximum absolute atomic E-state index is 11.5. The van der Waals surface area contributed by atoms with E-state index in [1.807, 2.05) is 0 Å². The molecule has 0 fully saturated rings. The van der Waals surface area contributed by atoms with Crippen LogP contribution in [0.15, 0.2) is 24.3 Å². The zero-order valence-electron chi connectivity index (χ0n) is 13.1. The Morgan fingerprint density at radius 2 is 0.821 bits per heavy atom. The van der Waals surface area contributed by atoms with Crippen LogP contribution in [0.4, 0.5) is 28.4 Å². The molecule has 0 aliphatic carbocycles. The lowest BCUT2D eigenvalue weighted by atomic mass is 9.97. The number of benzene rings is 2. The number of rotatable bonds is 6. The number of hydrogen-bond acceptors (Lipinski definition) is 11. The van der Waals surface area contributed by atoms with Crippen molar-refractivity contribution in [2.24, 2.45) is 0 Å². The predicted molar refractivity (Wildman–Crippen MR) is 86.8 cm³/mol. The first-order valence-corrected chi connectivity index (χ1v) is 6.74. The fourth-order valence-corrected chi connectivity index (χ4v) is 2.46. The van der Waals surface area contributed by atoms with Crippen LogP contribution >= 0.6 is 0 Å². The van der Waals surface area contributed by atoms with Crippen LogP contribution < -0.4 is 0 Å². The topological polar surface area (TPSA) is 236 Å². The van der Waals surface area contributed by atoms with Gasteiger partial charge in [-0.15, -0.1) is 0 Å². The minimum atomic E-state index is -1.99. The van der Waals surface area contributed by atoms with E-state index < -0.39 is 64.2 Å². The first-order chi connectivity index (χ1) is 13.0. The second kappa shape index (κ2) is 6.86. The highest BCUT2D eigenvalue weighted by atomic mass is 16.7. The van der Waals surface area contributed by atoms with Crippen molar-refractivity contribution in [3.63, 3.8) is 0 Å². The van der Waals surface area contributed by atoms with Crippen LogP contribution in [0.5, 0.6) is 5.75 Å². The lowest BCUT2D eigenvalue weighted by Gasteiger charge is -2.07. The molecule has 16 heteroatoms. The number of nitro benzene ring substituents is 5. The van der Waals surface area contributed by atoms with Crippen LogP contribution in [0.1, 0.15) is 0 Å².